The van der Waals surface area contributed by atoms with Crippen LogP contribution < -0.4 is 0 Å². The van der Waals surface area contributed by atoms with Crippen molar-refractivity contribution in [3.8, 4) is 0 Å². The van der Waals surface area contributed by atoms with Gasteiger partial charge in [-0.25, -0.2) is 0 Å². The minimum absolute atomic E-state index is 1.05. The fraction of sp³-hybridized carbons (Fsp3) is 0.600. The molecule has 0 bridgehead atoms. The molecule has 55 valence electrons. The first-order valence-electron chi connectivity index (χ1n) is 4.11. The highest BCUT2D eigenvalue weighted by molar-refractivity contribution is 5.32. The molecular formula is C10H15. The Bertz CT molecular complexity index is 161. The molecule has 10 heavy (non-hydrogen) atoms. The first-order valence-corrected chi connectivity index (χ1v) is 4.11. The Hall–Kier alpha value is -0.520. The van der Waals surface area contributed by atoms with Crippen LogP contribution in [-0.4, -0.2) is 0 Å². The van der Waals surface area contributed by atoms with E-state index in [4.69, 9.17) is 0 Å². The van der Waals surface area contributed by atoms with E-state index in [1.54, 1.807) is 0 Å². The Balaban J connectivity index is 2.35. The molecule has 1 aliphatic rings. The Morgan fingerprint density at radius 3 is 2.90 bits per heavy atom. The first-order chi connectivity index (χ1) is 4.84. The van der Waals surface area contributed by atoms with Gasteiger partial charge in [-0.15, -0.1) is 0 Å². The van der Waals surface area contributed by atoms with Crippen molar-refractivity contribution in [2.75, 3.05) is 0 Å². The summed E-state index contributed by atoms with van der Waals surface area (Å²) in [5.41, 5.74) is 2.91. The van der Waals surface area contributed by atoms with Gasteiger partial charge in [0.1, 0.15) is 0 Å². The average Bonchev–Trinajstić information content (AvgIpc) is 2.31. The molecule has 1 rings (SSSR count). The van der Waals surface area contributed by atoms with E-state index in [1.807, 2.05) is 0 Å². The van der Waals surface area contributed by atoms with E-state index in [0.29, 0.717) is 0 Å². The molecule has 0 spiro atoms. The van der Waals surface area contributed by atoms with Gasteiger partial charge in [0.2, 0.25) is 0 Å². The molecule has 0 unspecified atom stereocenters. The molecule has 0 heterocycles. The van der Waals surface area contributed by atoms with E-state index in [9.17, 15) is 0 Å². The molecule has 0 nitrogen and oxygen atoms in total. The molecule has 0 amide bonds. The van der Waals surface area contributed by atoms with Crippen molar-refractivity contribution in [3.05, 3.63) is 23.3 Å². The summed E-state index contributed by atoms with van der Waals surface area (Å²) in [6.45, 7) is 4.40. The van der Waals surface area contributed by atoms with Crippen LogP contribution in [0.2, 0.25) is 0 Å². The van der Waals surface area contributed by atoms with Gasteiger partial charge in [-0.2, -0.15) is 0 Å². The standard InChI is InChI=1S/C10H15/c1-3-4-7-10-8-5-6-9(10)2/h8H,3-5,7H2,1-2H3. The van der Waals surface area contributed by atoms with Crippen LogP contribution in [0.3, 0.4) is 0 Å². The molecule has 0 aromatic heterocycles. The second-order valence-corrected chi connectivity index (χ2v) is 2.84. The van der Waals surface area contributed by atoms with Crippen LogP contribution >= 0.6 is 0 Å². The average molecular weight is 135 g/mol. The summed E-state index contributed by atoms with van der Waals surface area (Å²) < 4.78 is 0. The molecule has 0 atom stereocenters. The minimum atomic E-state index is 1.05. The summed E-state index contributed by atoms with van der Waals surface area (Å²) in [4.78, 5) is 0. The van der Waals surface area contributed by atoms with E-state index >= 15 is 0 Å². The molecule has 0 heteroatoms. The van der Waals surface area contributed by atoms with Gasteiger partial charge < -0.3 is 0 Å². The maximum absolute atomic E-state index is 3.30. The lowest BCUT2D eigenvalue weighted by Gasteiger charge is -2.00. The topological polar surface area (TPSA) is 0 Å². The van der Waals surface area contributed by atoms with Gasteiger partial charge in [0, 0.05) is 0 Å². The van der Waals surface area contributed by atoms with E-state index in [2.05, 4.69) is 26.0 Å². The van der Waals surface area contributed by atoms with Crippen LogP contribution in [0.5, 0.6) is 0 Å². The minimum Gasteiger partial charge on any atom is -0.0766 e. The maximum Gasteiger partial charge on any atom is -0.00858 e. The summed E-state index contributed by atoms with van der Waals surface area (Å²) in [6.07, 6.45) is 10.5. The second kappa shape index (κ2) is 3.60. The van der Waals surface area contributed by atoms with Crippen molar-refractivity contribution in [3.63, 3.8) is 0 Å². The lowest BCUT2D eigenvalue weighted by atomic mass is 10.1. The van der Waals surface area contributed by atoms with Crippen molar-refractivity contribution in [1.82, 2.24) is 0 Å². The Morgan fingerprint density at radius 1 is 1.60 bits per heavy atom. The van der Waals surface area contributed by atoms with Crippen molar-refractivity contribution < 1.29 is 0 Å². The summed E-state index contributed by atoms with van der Waals surface area (Å²) in [6, 6.07) is 0. The highest BCUT2D eigenvalue weighted by Crippen LogP contribution is 2.22. The van der Waals surface area contributed by atoms with Gasteiger partial charge in [-0.05, 0) is 43.4 Å². The highest BCUT2D eigenvalue weighted by Gasteiger charge is 2.03. The van der Waals surface area contributed by atoms with E-state index in [-0.39, 0.29) is 0 Å². The molecular weight excluding hydrogens is 120 g/mol. The largest absolute Gasteiger partial charge is 0.0766 e. The summed E-state index contributed by atoms with van der Waals surface area (Å²) in [5, 5.41) is 0. The van der Waals surface area contributed by atoms with Gasteiger partial charge in [-0.3, -0.25) is 0 Å². The normalized spacial score (nSPS) is 17.0. The van der Waals surface area contributed by atoms with Gasteiger partial charge in [0.25, 0.3) is 0 Å². The number of hydrogen-bond acceptors (Lipinski definition) is 0. The lowest BCUT2D eigenvalue weighted by Crippen LogP contribution is -1.81. The van der Waals surface area contributed by atoms with Crippen LogP contribution in [-0.2, 0) is 0 Å². The quantitative estimate of drug-likeness (QED) is 0.557. The SMILES string of the molecule is CCCCC1=CC[C]=C1C. The number of unbranched alkanes of at least 4 members (excludes halogenated alkanes) is 1. The molecule has 0 fully saturated rings. The van der Waals surface area contributed by atoms with Crippen LogP contribution in [0.15, 0.2) is 17.2 Å². The van der Waals surface area contributed by atoms with Crippen molar-refractivity contribution in [2.24, 2.45) is 0 Å². The zero-order valence-corrected chi connectivity index (χ0v) is 6.91. The lowest BCUT2D eigenvalue weighted by molar-refractivity contribution is 0.792. The second-order valence-electron chi connectivity index (χ2n) is 2.84. The maximum atomic E-state index is 3.30. The smallest absolute Gasteiger partial charge is 0.00858 e. The summed E-state index contributed by atoms with van der Waals surface area (Å²) >= 11 is 0. The monoisotopic (exact) mass is 135 g/mol. The van der Waals surface area contributed by atoms with Gasteiger partial charge in [0.05, 0.1) is 0 Å². The molecule has 0 aromatic carbocycles. The number of rotatable bonds is 3. The third-order valence-electron chi connectivity index (χ3n) is 2.00. The third kappa shape index (κ3) is 1.73. The van der Waals surface area contributed by atoms with Crippen LogP contribution in [0.1, 0.15) is 39.5 Å². The highest BCUT2D eigenvalue weighted by atomic mass is 14.1. The first kappa shape index (κ1) is 7.59. The van der Waals surface area contributed by atoms with Crippen LogP contribution in [0, 0.1) is 6.08 Å². The van der Waals surface area contributed by atoms with E-state index < -0.39 is 0 Å². The van der Waals surface area contributed by atoms with Crippen molar-refractivity contribution >= 4 is 0 Å². The fourth-order valence-electron chi connectivity index (χ4n) is 1.25. The van der Waals surface area contributed by atoms with Crippen molar-refractivity contribution in [1.29, 1.82) is 0 Å². The fourth-order valence-corrected chi connectivity index (χ4v) is 1.25. The zero-order chi connectivity index (χ0) is 7.40. The summed E-state index contributed by atoms with van der Waals surface area (Å²) in [5.74, 6) is 0. The van der Waals surface area contributed by atoms with E-state index in [1.165, 1.54) is 30.4 Å². The molecule has 0 aromatic rings. The summed E-state index contributed by atoms with van der Waals surface area (Å²) in [7, 11) is 0. The third-order valence-corrected chi connectivity index (χ3v) is 2.00. The number of hydrogen-bond donors (Lipinski definition) is 0. The van der Waals surface area contributed by atoms with Crippen molar-refractivity contribution in [2.45, 2.75) is 39.5 Å². The molecule has 0 saturated carbocycles. The van der Waals surface area contributed by atoms with Crippen LogP contribution in [0.4, 0.5) is 0 Å². The zero-order valence-electron chi connectivity index (χ0n) is 6.91. The molecule has 0 aliphatic heterocycles. The molecule has 1 aliphatic carbocycles. The predicted octanol–water partition coefficient (Wildman–Crippen LogP) is 3.26. The Kier molecular flexibility index (Phi) is 2.73. The molecule has 1 radical (unpaired) electrons. The van der Waals surface area contributed by atoms with Gasteiger partial charge in [-0.1, -0.05) is 19.4 Å². The Morgan fingerprint density at radius 2 is 2.40 bits per heavy atom. The molecule has 0 saturated heterocycles. The van der Waals surface area contributed by atoms with E-state index in [0.717, 1.165) is 6.42 Å². The van der Waals surface area contributed by atoms with Gasteiger partial charge in [0.15, 0.2) is 0 Å². The molecule has 0 N–H and O–H groups in total. The predicted molar refractivity (Wildman–Crippen MR) is 44.7 cm³/mol. The van der Waals surface area contributed by atoms with Gasteiger partial charge >= 0.3 is 0 Å². The van der Waals surface area contributed by atoms with Crippen LogP contribution in [0.25, 0.3) is 0 Å². The number of allylic oxidation sites excluding steroid dienone is 4. The Labute approximate surface area is 63.6 Å².